The molecule has 156 valence electrons. The second-order valence-corrected chi connectivity index (χ2v) is 7.68. The van der Waals surface area contributed by atoms with E-state index < -0.39 is 18.0 Å². The zero-order chi connectivity index (χ0) is 21.2. The molecule has 0 bridgehead atoms. The highest BCUT2D eigenvalue weighted by molar-refractivity contribution is 7.99. The molecule has 1 heterocycles. The fourth-order valence-electron chi connectivity index (χ4n) is 2.53. The highest BCUT2D eigenvalue weighted by Gasteiger charge is 2.22. The van der Waals surface area contributed by atoms with Gasteiger partial charge in [-0.05, 0) is 12.5 Å². The van der Waals surface area contributed by atoms with Crippen molar-refractivity contribution in [3.63, 3.8) is 0 Å². The van der Waals surface area contributed by atoms with Gasteiger partial charge < -0.3 is 14.8 Å². The molecule has 0 aliphatic rings. The Labute approximate surface area is 173 Å². The number of hydrogen-bond donors (Lipinski definition) is 1. The first-order valence-electron chi connectivity index (χ1n) is 9.07. The first-order chi connectivity index (χ1) is 13.9. The van der Waals surface area contributed by atoms with Crippen LogP contribution in [0.15, 0.2) is 42.7 Å². The van der Waals surface area contributed by atoms with Crippen LogP contribution in [0.4, 0.5) is 5.69 Å². The van der Waals surface area contributed by atoms with Crippen LogP contribution in [0.25, 0.3) is 0 Å². The van der Waals surface area contributed by atoms with E-state index >= 15 is 0 Å². The van der Waals surface area contributed by atoms with Gasteiger partial charge in [-0.15, -0.1) is 11.8 Å². The molecular formula is C20H25N3O5S. The third kappa shape index (κ3) is 7.26. The zero-order valence-corrected chi connectivity index (χ0v) is 17.5. The Hall–Kier alpha value is -2.81. The van der Waals surface area contributed by atoms with Crippen LogP contribution in [0.3, 0.4) is 0 Å². The minimum Gasteiger partial charge on any atom is -0.469 e. The molecule has 29 heavy (non-hydrogen) atoms. The Morgan fingerprint density at radius 2 is 1.72 bits per heavy atom. The average molecular weight is 420 g/mol. The summed E-state index contributed by atoms with van der Waals surface area (Å²) in [7, 11) is 2.56. The number of anilines is 1. The van der Waals surface area contributed by atoms with Gasteiger partial charge in [-0.2, -0.15) is 5.10 Å². The van der Waals surface area contributed by atoms with E-state index in [-0.39, 0.29) is 24.0 Å². The van der Waals surface area contributed by atoms with E-state index in [2.05, 4.69) is 19.9 Å². The molecular weight excluding hydrogens is 394 g/mol. The fraction of sp³-hybridized carbons (Fsp3) is 0.400. The molecule has 1 atom stereocenters. The van der Waals surface area contributed by atoms with Crippen LogP contribution in [0, 0.1) is 0 Å². The number of ether oxygens (including phenoxy) is 2. The first-order valence-corrected chi connectivity index (χ1v) is 10.1. The molecule has 0 saturated heterocycles. The van der Waals surface area contributed by atoms with E-state index in [1.54, 1.807) is 6.20 Å². The van der Waals surface area contributed by atoms with Crippen molar-refractivity contribution in [1.29, 1.82) is 0 Å². The van der Waals surface area contributed by atoms with Crippen LogP contribution < -0.4 is 5.32 Å². The predicted molar refractivity (Wildman–Crippen MR) is 110 cm³/mol. The van der Waals surface area contributed by atoms with Gasteiger partial charge in [0.25, 0.3) is 0 Å². The Balaban J connectivity index is 1.96. The summed E-state index contributed by atoms with van der Waals surface area (Å²) in [5.74, 6) is -0.352. The lowest BCUT2D eigenvalue weighted by molar-refractivity contribution is -0.144. The lowest BCUT2D eigenvalue weighted by Gasteiger charge is -2.15. The maximum Gasteiger partial charge on any atom is 0.307 e. The molecule has 8 nitrogen and oxygen atoms in total. The zero-order valence-electron chi connectivity index (χ0n) is 16.7. The second kappa shape index (κ2) is 11.3. The van der Waals surface area contributed by atoms with Gasteiger partial charge in [0.05, 0.1) is 50.2 Å². The molecule has 1 aromatic carbocycles. The minimum absolute atomic E-state index is 0.0377. The molecule has 1 amide bonds. The van der Waals surface area contributed by atoms with E-state index in [0.29, 0.717) is 5.69 Å². The third-order valence-electron chi connectivity index (χ3n) is 4.22. The number of methoxy groups -OCH3 is 2. The molecule has 0 radical (unpaired) electrons. The van der Waals surface area contributed by atoms with Crippen molar-refractivity contribution in [2.24, 2.45) is 0 Å². The Morgan fingerprint density at radius 3 is 2.31 bits per heavy atom. The largest absolute Gasteiger partial charge is 0.469 e. The topological polar surface area (TPSA) is 99.5 Å². The van der Waals surface area contributed by atoms with Gasteiger partial charge >= 0.3 is 11.9 Å². The number of nitrogens with one attached hydrogen (secondary N) is 1. The number of esters is 2. The number of benzene rings is 1. The number of amides is 1. The summed E-state index contributed by atoms with van der Waals surface area (Å²) in [6.07, 6.45) is 2.99. The van der Waals surface area contributed by atoms with Crippen molar-refractivity contribution in [1.82, 2.24) is 9.78 Å². The van der Waals surface area contributed by atoms with Crippen LogP contribution in [-0.2, 0) is 29.6 Å². The summed E-state index contributed by atoms with van der Waals surface area (Å²) in [6, 6.07) is 9.36. The van der Waals surface area contributed by atoms with Gasteiger partial charge in [-0.25, -0.2) is 0 Å². The summed E-state index contributed by atoms with van der Waals surface area (Å²) < 4.78 is 10.8. The molecule has 2 aromatic rings. The molecule has 9 heteroatoms. The SMILES string of the molecule is COC(=O)CC(CC(=O)OC)n1cc(NC(=O)C(C)SCc2ccccc2)cn1. The van der Waals surface area contributed by atoms with E-state index in [4.69, 9.17) is 0 Å². The molecule has 0 spiro atoms. The number of thioether (sulfide) groups is 1. The molecule has 1 aromatic heterocycles. The fourth-order valence-corrected chi connectivity index (χ4v) is 3.37. The molecule has 1 N–H and O–H groups in total. The Kier molecular flexibility index (Phi) is 8.72. The number of aromatic nitrogens is 2. The van der Waals surface area contributed by atoms with Gasteiger partial charge in [-0.3, -0.25) is 19.1 Å². The quantitative estimate of drug-likeness (QED) is 0.591. The number of rotatable bonds is 10. The number of carbonyl (C=O) groups excluding carboxylic acids is 3. The number of hydrogen-bond acceptors (Lipinski definition) is 7. The average Bonchev–Trinajstić information content (AvgIpc) is 3.20. The molecule has 0 saturated carbocycles. The standard InChI is InChI=1S/C20H25N3O5S/c1-14(29-13-15-7-5-4-6-8-15)20(26)22-16-11-21-23(12-16)17(9-18(24)27-2)10-19(25)28-3/h4-8,11-12,14,17H,9-10,13H2,1-3H3,(H,22,26). The van der Waals surface area contributed by atoms with Crippen molar-refractivity contribution in [3.8, 4) is 0 Å². The molecule has 0 aliphatic carbocycles. The maximum atomic E-state index is 12.4. The monoisotopic (exact) mass is 419 g/mol. The lowest BCUT2D eigenvalue weighted by atomic mass is 10.1. The van der Waals surface area contributed by atoms with Gasteiger partial charge in [0.1, 0.15) is 0 Å². The highest BCUT2D eigenvalue weighted by atomic mass is 32.2. The Morgan fingerprint density at radius 1 is 1.10 bits per heavy atom. The van der Waals surface area contributed by atoms with Crippen molar-refractivity contribution in [2.45, 2.75) is 36.8 Å². The maximum absolute atomic E-state index is 12.4. The molecule has 2 rings (SSSR count). The van der Waals surface area contributed by atoms with E-state index in [1.165, 1.54) is 36.9 Å². The summed E-state index contributed by atoms with van der Waals surface area (Å²) >= 11 is 1.53. The van der Waals surface area contributed by atoms with Gasteiger partial charge in [-0.1, -0.05) is 30.3 Å². The van der Waals surface area contributed by atoms with E-state index in [9.17, 15) is 14.4 Å². The summed E-state index contributed by atoms with van der Waals surface area (Å²) in [6.45, 7) is 1.84. The van der Waals surface area contributed by atoms with Gasteiger partial charge in [0.15, 0.2) is 0 Å². The van der Waals surface area contributed by atoms with Crippen molar-refractivity contribution < 1.29 is 23.9 Å². The normalized spacial score (nSPS) is 11.7. The van der Waals surface area contributed by atoms with Crippen molar-refractivity contribution >= 4 is 35.3 Å². The smallest absolute Gasteiger partial charge is 0.307 e. The van der Waals surface area contributed by atoms with Crippen LogP contribution in [0.2, 0.25) is 0 Å². The van der Waals surface area contributed by atoms with Gasteiger partial charge in [0.2, 0.25) is 5.91 Å². The van der Waals surface area contributed by atoms with Gasteiger partial charge in [0, 0.05) is 11.9 Å². The summed E-state index contributed by atoms with van der Waals surface area (Å²) in [5.41, 5.74) is 1.64. The van der Waals surface area contributed by atoms with Crippen LogP contribution in [0.5, 0.6) is 0 Å². The first kappa shape index (κ1) is 22.5. The van der Waals surface area contributed by atoms with Crippen molar-refractivity contribution in [2.75, 3.05) is 19.5 Å². The van der Waals surface area contributed by atoms with Crippen LogP contribution in [-0.4, -0.2) is 47.1 Å². The van der Waals surface area contributed by atoms with E-state index in [0.717, 1.165) is 11.3 Å². The highest BCUT2D eigenvalue weighted by Crippen LogP contribution is 2.21. The van der Waals surface area contributed by atoms with Crippen LogP contribution >= 0.6 is 11.8 Å². The molecule has 1 unspecified atom stereocenters. The summed E-state index contributed by atoms with van der Waals surface area (Å²) in [5, 5.41) is 6.72. The molecule has 0 aliphatic heterocycles. The Bertz CT molecular complexity index is 807. The number of nitrogens with zero attached hydrogens (tertiary/aromatic N) is 2. The number of carbonyl (C=O) groups is 3. The minimum atomic E-state index is -0.564. The van der Waals surface area contributed by atoms with E-state index in [1.807, 2.05) is 37.3 Å². The third-order valence-corrected chi connectivity index (χ3v) is 5.43. The predicted octanol–water partition coefficient (Wildman–Crippen LogP) is 2.81. The second-order valence-electron chi connectivity index (χ2n) is 6.35. The van der Waals surface area contributed by atoms with Crippen LogP contribution in [0.1, 0.15) is 31.4 Å². The lowest BCUT2D eigenvalue weighted by Crippen LogP contribution is -2.22. The molecule has 0 fully saturated rings. The summed E-state index contributed by atoms with van der Waals surface area (Å²) in [4.78, 5) is 35.7. The van der Waals surface area contributed by atoms with Crippen molar-refractivity contribution in [3.05, 3.63) is 48.3 Å².